The number of rotatable bonds is 6. The molecule has 1 aliphatic heterocycles. The van der Waals surface area contributed by atoms with Crippen molar-refractivity contribution in [2.45, 2.75) is 45.7 Å². The Bertz CT molecular complexity index is 1780. The van der Waals surface area contributed by atoms with Crippen LogP contribution < -0.4 is 5.43 Å². The summed E-state index contributed by atoms with van der Waals surface area (Å²) in [7, 11) is 0. The van der Waals surface area contributed by atoms with Crippen LogP contribution in [0.5, 0.6) is 0 Å². The van der Waals surface area contributed by atoms with E-state index in [1.165, 1.54) is 11.2 Å². The van der Waals surface area contributed by atoms with Gasteiger partial charge in [0, 0.05) is 24.4 Å². The molecular weight excluding hydrogens is 528 g/mol. The zero-order chi connectivity index (χ0) is 29.2. The summed E-state index contributed by atoms with van der Waals surface area (Å²) in [6.07, 6.45) is 6.37. The van der Waals surface area contributed by atoms with Crippen molar-refractivity contribution in [3.05, 3.63) is 117 Å². The maximum Gasteiger partial charge on any atom is 0.344 e. The van der Waals surface area contributed by atoms with Gasteiger partial charge in [-0.25, -0.2) is 14.8 Å². The molecule has 2 atom stereocenters. The molecule has 8 heteroatoms. The van der Waals surface area contributed by atoms with Crippen LogP contribution in [0.1, 0.15) is 59.4 Å². The lowest BCUT2D eigenvalue weighted by atomic mass is 9.77. The number of esters is 1. The molecule has 1 amide bonds. The Morgan fingerprint density at radius 1 is 1.02 bits per heavy atom. The van der Waals surface area contributed by atoms with Crippen LogP contribution in [0.4, 0.5) is 0 Å². The number of aryl methyl sites for hydroxylation is 2. The smallest absolute Gasteiger partial charge is 0.344 e. The van der Waals surface area contributed by atoms with Crippen molar-refractivity contribution in [1.29, 1.82) is 0 Å². The van der Waals surface area contributed by atoms with E-state index in [0.29, 0.717) is 17.6 Å². The van der Waals surface area contributed by atoms with Crippen LogP contribution in [0.15, 0.2) is 94.5 Å². The van der Waals surface area contributed by atoms with Gasteiger partial charge in [0.2, 0.25) is 5.43 Å². The highest BCUT2D eigenvalue weighted by Crippen LogP contribution is 2.44. The van der Waals surface area contributed by atoms with Gasteiger partial charge >= 0.3 is 5.97 Å². The maximum absolute atomic E-state index is 13.7. The number of fused-ring (bicyclic) bond motifs is 2. The average Bonchev–Trinajstić information content (AvgIpc) is 3.42. The van der Waals surface area contributed by atoms with Gasteiger partial charge in [0.15, 0.2) is 6.61 Å². The van der Waals surface area contributed by atoms with Crippen molar-refractivity contribution in [3.8, 4) is 0 Å². The van der Waals surface area contributed by atoms with E-state index in [9.17, 15) is 14.4 Å². The highest BCUT2D eigenvalue weighted by Gasteiger charge is 2.43. The van der Waals surface area contributed by atoms with Gasteiger partial charge in [-0.05, 0) is 68.0 Å². The van der Waals surface area contributed by atoms with Gasteiger partial charge in [0.25, 0.3) is 5.91 Å². The quantitative estimate of drug-likeness (QED) is 0.282. The average molecular weight is 561 g/mol. The maximum atomic E-state index is 13.7. The van der Waals surface area contributed by atoms with Gasteiger partial charge in [-0.2, -0.15) is 5.10 Å². The number of hydrazone groups is 1. The zero-order valence-electron chi connectivity index (χ0n) is 23.7. The lowest BCUT2D eigenvalue weighted by molar-refractivity contribution is -0.137. The third kappa shape index (κ3) is 5.16. The van der Waals surface area contributed by atoms with E-state index < -0.39 is 23.9 Å². The van der Waals surface area contributed by atoms with Crippen LogP contribution >= 0.6 is 0 Å². The number of nitrogens with zero attached hydrogens (tertiary/aromatic N) is 4. The molecule has 1 saturated carbocycles. The molecule has 0 unspecified atom stereocenters. The SMILES string of the molecule is CCn1cc(C(=O)OCC(=O)N2N=C3/C(=C\c4ccccc4)CCC[C@H]3[C@@H]2c2ccccc2)c(=O)c2ccc(C)nc21. The molecule has 212 valence electrons. The molecule has 0 radical (unpaired) electrons. The predicted octanol–water partition coefficient (Wildman–Crippen LogP) is 5.70. The lowest BCUT2D eigenvalue weighted by Crippen LogP contribution is -2.35. The topological polar surface area (TPSA) is 93.9 Å². The molecule has 0 saturated heterocycles. The van der Waals surface area contributed by atoms with E-state index in [0.717, 1.165) is 47.4 Å². The minimum absolute atomic E-state index is 0.0314. The molecule has 2 aromatic heterocycles. The first-order chi connectivity index (χ1) is 20.4. The lowest BCUT2D eigenvalue weighted by Gasteiger charge is -2.29. The van der Waals surface area contributed by atoms with Gasteiger partial charge in [-0.3, -0.25) is 9.59 Å². The number of carbonyl (C=O) groups is 2. The number of carbonyl (C=O) groups excluding carboxylic acids is 2. The second-order valence-corrected chi connectivity index (χ2v) is 10.7. The van der Waals surface area contributed by atoms with Crippen molar-refractivity contribution in [2.75, 3.05) is 6.61 Å². The second kappa shape index (κ2) is 11.6. The fraction of sp³-hybridized carbons (Fsp3) is 0.265. The van der Waals surface area contributed by atoms with Crippen molar-refractivity contribution >= 4 is 34.7 Å². The summed E-state index contributed by atoms with van der Waals surface area (Å²) >= 11 is 0. The summed E-state index contributed by atoms with van der Waals surface area (Å²) in [6, 6.07) is 23.1. The molecule has 8 nitrogen and oxygen atoms in total. The molecule has 2 aliphatic rings. The molecule has 42 heavy (non-hydrogen) atoms. The monoisotopic (exact) mass is 560 g/mol. The van der Waals surface area contributed by atoms with Crippen molar-refractivity contribution in [3.63, 3.8) is 0 Å². The third-order valence-electron chi connectivity index (χ3n) is 7.99. The molecule has 6 rings (SSSR count). The molecule has 1 fully saturated rings. The van der Waals surface area contributed by atoms with E-state index >= 15 is 0 Å². The van der Waals surface area contributed by atoms with Crippen LogP contribution in [0.25, 0.3) is 17.1 Å². The van der Waals surface area contributed by atoms with Crippen molar-refractivity contribution < 1.29 is 14.3 Å². The number of ether oxygens (including phenoxy) is 1. The fourth-order valence-electron chi connectivity index (χ4n) is 5.96. The molecule has 2 aromatic carbocycles. The number of allylic oxidation sites excluding steroid dienone is 1. The van der Waals surface area contributed by atoms with Crippen molar-refractivity contribution in [2.24, 2.45) is 11.0 Å². The first-order valence-electron chi connectivity index (χ1n) is 14.3. The summed E-state index contributed by atoms with van der Waals surface area (Å²) in [4.78, 5) is 44.4. The zero-order valence-corrected chi connectivity index (χ0v) is 23.7. The van der Waals surface area contributed by atoms with Crippen LogP contribution in [-0.4, -0.2) is 38.8 Å². The largest absolute Gasteiger partial charge is 0.452 e. The standard InChI is InChI=1S/C34H32N4O4/c1-3-37-20-28(32(40)27-18-17-22(2)35-33(27)37)34(41)42-21-29(39)38-31(24-13-8-5-9-14-24)26-16-10-15-25(30(26)36-38)19-23-11-6-4-7-12-23/h4-9,11-14,17-20,26,31H,3,10,15-16,21H2,1-2H3/b25-19-/t26-,31+/m1/s1. The van der Waals surface area contributed by atoms with Crippen molar-refractivity contribution in [1.82, 2.24) is 14.6 Å². The summed E-state index contributed by atoms with van der Waals surface area (Å²) in [5.41, 5.74) is 4.77. The minimum atomic E-state index is -0.844. The first-order valence-corrected chi connectivity index (χ1v) is 14.3. The summed E-state index contributed by atoms with van der Waals surface area (Å²) in [6.45, 7) is 3.73. The van der Waals surface area contributed by atoms with E-state index in [-0.39, 0.29) is 17.5 Å². The van der Waals surface area contributed by atoms with Gasteiger partial charge < -0.3 is 9.30 Å². The Balaban J connectivity index is 1.29. The Kier molecular flexibility index (Phi) is 7.52. The number of hydrogen-bond donors (Lipinski definition) is 0. The number of amides is 1. The Morgan fingerprint density at radius 3 is 2.50 bits per heavy atom. The normalized spacial score (nSPS) is 19.0. The van der Waals surface area contributed by atoms with Crippen LogP contribution in [0, 0.1) is 12.8 Å². The van der Waals surface area contributed by atoms with Crippen LogP contribution in [0.3, 0.4) is 0 Å². The van der Waals surface area contributed by atoms with E-state index in [1.807, 2.05) is 62.4 Å². The Morgan fingerprint density at radius 2 is 1.76 bits per heavy atom. The van der Waals surface area contributed by atoms with E-state index in [4.69, 9.17) is 9.84 Å². The van der Waals surface area contributed by atoms with Gasteiger partial charge in [0.1, 0.15) is 11.2 Å². The second-order valence-electron chi connectivity index (χ2n) is 10.7. The van der Waals surface area contributed by atoms with Crippen LogP contribution in [-0.2, 0) is 16.1 Å². The number of aromatic nitrogens is 2. The van der Waals surface area contributed by atoms with Gasteiger partial charge in [-0.15, -0.1) is 0 Å². The Hall–Kier alpha value is -4.85. The number of hydrogen-bond acceptors (Lipinski definition) is 6. The van der Waals surface area contributed by atoms with Crippen LogP contribution in [0.2, 0.25) is 0 Å². The molecular formula is C34H32N4O4. The van der Waals surface area contributed by atoms with Gasteiger partial charge in [0.05, 0.1) is 17.1 Å². The predicted molar refractivity (Wildman–Crippen MR) is 162 cm³/mol. The van der Waals surface area contributed by atoms with E-state index in [1.54, 1.807) is 16.7 Å². The summed E-state index contributed by atoms with van der Waals surface area (Å²) in [5, 5.41) is 6.67. The number of benzene rings is 2. The van der Waals surface area contributed by atoms with Gasteiger partial charge in [-0.1, -0.05) is 60.7 Å². The number of pyridine rings is 2. The molecule has 4 aromatic rings. The Labute approximate surface area is 244 Å². The fourth-order valence-corrected chi connectivity index (χ4v) is 5.96. The first kappa shape index (κ1) is 27.3. The molecule has 3 heterocycles. The third-order valence-corrected chi connectivity index (χ3v) is 7.99. The molecule has 0 bridgehead atoms. The van der Waals surface area contributed by atoms with E-state index in [2.05, 4.69) is 23.2 Å². The highest BCUT2D eigenvalue weighted by molar-refractivity contribution is 6.08. The molecule has 1 aliphatic carbocycles. The summed E-state index contributed by atoms with van der Waals surface area (Å²) in [5.74, 6) is -1.25. The molecule has 0 N–H and O–H groups in total. The minimum Gasteiger partial charge on any atom is -0.452 e. The highest BCUT2D eigenvalue weighted by atomic mass is 16.5. The summed E-state index contributed by atoms with van der Waals surface area (Å²) < 4.78 is 7.21. The molecule has 0 spiro atoms.